The number of aliphatic hydroxyl groups is 2. The second-order valence-corrected chi connectivity index (χ2v) is 38.2. The van der Waals surface area contributed by atoms with Crippen LogP contribution in [0.1, 0.15) is 147 Å². The Hall–Kier alpha value is -13.2. The number of aromatic hydroxyl groups is 1. The maximum Gasteiger partial charge on any atom is 0.316 e. The number of pyridine rings is 3. The van der Waals surface area contributed by atoms with Gasteiger partial charge in [-0.1, -0.05) is 164 Å². The van der Waals surface area contributed by atoms with E-state index in [0.717, 1.165) is 61.6 Å². The Bertz CT molecular complexity index is 6230. The summed E-state index contributed by atoms with van der Waals surface area (Å²) in [6, 6.07) is 80.2. The summed E-state index contributed by atoms with van der Waals surface area (Å²) in [5.41, 5.74) is 2.95. The molecule has 3 fully saturated rings. The molecule has 3 aliphatic rings. The van der Waals surface area contributed by atoms with Crippen LogP contribution in [0.15, 0.2) is 288 Å². The summed E-state index contributed by atoms with van der Waals surface area (Å²) in [4.78, 5) is 66.4. The summed E-state index contributed by atoms with van der Waals surface area (Å²) in [5.74, 6) is 2.79. The highest BCUT2D eigenvalue weighted by Gasteiger charge is 2.48. The van der Waals surface area contributed by atoms with Gasteiger partial charge in [-0.05, 0) is 199 Å². The first-order chi connectivity index (χ1) is 67.7. The number of nitrogens with zero attached hydrogens (tertiary/aromatic N) is 5. The van der Waals surface area contributed by atoms with Crippen LogP contribution in [0.25, 0.3) is 4.85 Å². The third-order valence-corrected chi connectivity index (χ3v) is 26.5. The number of esters is 2. The smallest absolute Gasteiger partial charge is 0.316 e. The molecule has 7 unspecified atom stereocenters. The molecule has 29 nitrogen and oxygen atoms in total. The Balaban J connectivity index is 0.000000180. The van der Waals surface area contributed by atoms with Crippen molar-refractivity contribution in [3.05, 3.63) is 383 Å². The second-order valence-electron chi connectivity index (χ2n) is 36.4. The van der Waals surface area contributed by atoms with Crippen molar-refractivity contribution in [2.75, 3.05) is 89.7 Å². The van der Waals surface area contributed by atoms with Gasteiger partial charge in [0.25, 0.3) is 8.53 Å². The van der Waals surface area contributed by atoms with Crippen molar-refractivity contribution in [3.63, 3.8) is 0 Å². The topological polar surface area (TPSA) is 316 Å². The van der Waals surface area contributed by atoms with Gasteiger partial charge < -0.3 is 109 Å². The summed E-state index contributed by atoms with van der Waals surface area (Å²) >= 11 is 0. The number of ether oxygens (including phenoxy) is 14. The molecule has 0 saturated carbocycles. The van der Waals surface area contributed by atoms with Crippen LogP contribution in [0.5, 0.6) is 51.7 Å². The molecule has 141 heavy (non-hydrogen) atoms. The Morgan fingerprint density at radius 1 is 0.397 bits per heavy atom. The quantitative estimate of drug-likeness (QED) is 0.0109. The fourth-order valence-electron chi connectivity index (χ4n) is 17.1. The highest BCUT2D eigenvalue weighted by atomic mass is 31.2. The van der Waals surface area contributed by atoms with Crippen LogP contribution in [0, 0.1) is 38.2 Å². The maximum absolute atomic E-state index is 13.0. The van der Waals surface area contributed by atoms with Gasteiger partial charge in [0.15, 0.2) is 17.2 Å². The van der Waals surface area contributed by atoms with Gasteiger partial charge in [-0.2, -0.15) is 0 Å². The van der Waals surface area contributed by atoms with E-state index in [2.05, 4.69) is 4.85 Å². The van der Waals surface area contributed by atoms with Crippen LogP contribution in [0.2, 0.25) is 0 Å². The number of hydrogen-bond donors (Lipinski definition) is 3. The fourth-order valence-corrected chi connectivity index (χ4v) is 18.3. The predicted molar refractivity (Wildman–Crippen MR) is 533 cm³/mol. The summed E-state index contributed by atoms with van der Waals surface area (Å²) in [5, 5.41) is 32.4. The summed E-state index contributed by atoms with van der Waals surface area (Å²) < 4.78 is 104. The van der Waals surface area contributed by atoms with Crippen LogP contribution in [-0.2, 0) is 63.9 Å². The molecule has 0 bridgehead atoms. The number of hydrogen-bond acceptors (Lipinski definition) is 25. The van der Waals surface area contributed by atoms with Crippen molar-refractivity contribution in [2.24, 2.45) is 10.8 Å². The lowest BCUT2D eigenvalue weighted by Crippen LogP contribution is -2.38. The van der Waals surface area contributed by atoms with Gasteiger partial charge in [0.1, 0.15) is 94.9 Å². The average molecular weight is 1940 g/mol. The van der Waals surface area contributed by atoms with Crippen molar-refractivity contribution in [2.45, 2.75) is 154 Å². The van der Waals surface area contributed by atoms with Gasteiger partial charge in [-0.3, -0.25) is 24.0 Å². The van der Waals surface area contributed by atoms with Crippen LogP contribution < -0.4 is 54.2 Å². The highest BCUT2D eigenvalue weighted by molar-refractivity contribution is 7.44. The Morgan fingerprint density at radius 2 is 0.667 bits per heavy atom. The van der Waals surface area contributed by atoms with E-state index in [1.807, 2.05) is 255 Å². The van der Waals surface area contributed by atoms with E-state index in [9.17, 15) is 39.3 Å². The van der Waals surface area contributed by atoms with Crippen molar-refractivity contribution in [1.82, 2.24) is 18.4 Å². The molecule has 3 saturated heterocycles. The van der Waals surface area contributed by atoms with E-state index in [-0.39, 0.29) is 63.1 Å². The van der Waals surface area contributed by atoms with Crippen LogP contribution >= 0.6 is 8.53 Å². The molecular weight excluding hydrogens is 1820 g/mol. The minimum Gasteiger partial charge on any atom is -0.503 e. The molecular formula is C111H124N5O24P. The minimum atomic E-state index is -1.58. The molecule has 15 rings (SSSR count). The minimum absolute atomic E-state index is 0.0374. The van der Waals surface area contributed by atoms with E-state index in [4.69, 9.17) is 81.9 Å². The number of carbonyl (C=O) groups is 2. The molecule has 0 aliphatic carbocycles. The van der Waals surface area contributed by atoms with Crippen molar-refractivity contribution in [1.29, 1.82) is 0 Å². The lowest BCUT2D eigenvalue weighted by atomic mass is 9.80. The Morgan fingerprint density at radius 3 is 0.950 bits per heavy atom. The number of methoxy groups -OCH3 is 6. The van der Waals surface area contributed by atoms with E-state index in [1.54, 1.807) is 137 Å². The van der Waals surface area contributed by atoms with Gasteiger partial charge in [0, 0.05) is 56.1 Å². The highest BCUT2D eigenvalue weighted by Crippen LogP contribution is 2.51. The zero-order valence-electron chi connectivity index (χ0n) is 82.4. The number of aromatic nitrogens is 3. The van der Waals surface area contributed by atoms with Crippen molar-refractivity contribution >= 4 is 20.5 Å². The number of aliphatic hydroxyl groups excluding tert-OH is 2. The standard InChI is InChI=1S/C42H50N3O9P.C37H41NO8.C32H33NO7/c1-29-39(53-40(47)41(2,3)4)35(46)23-25-45(29)38-27-36(54-55(44(6)7)51-26-24-43-5)37(52-38)28-50-42(30-13-11-10-12-14-30,31-15-19-33(48-8)20-16-31)32-17-21-34(49-9)22-18-32;1-24-34(46-35(41)36(2,3)4)30(39)20-21-38(24)33-22-31(40)32(45-33)23-44-37(25-10-8-7-9-11-25,26-12-16-28(42-5)17-13-26)27-14-18-29(43-6)19-15-27;1-21-31(36)27(34)17-18-33(21)30-19-28(35)29(40-30)20-39-32(22-7-5-4-6-8-22,23-9-13-25(37-2)14-10-23)24-11-15-26(38-3)16-12-24/h10-23,25,36-38H,24,26-28H2,1-4,6-9H3;7-21,31-33,40H,22-23H2,1-6H3;4-18,28-30,35-36H,19-20H2,1-3H3/t36?,37?,38-,55?;31?,32?,33-;28?,29?,30-/m111/s1. The molecule has 6 heterocycles. The maximum atomic E-state index is 13.0. The molecule has 742 valence electrons. The van der Waals surface area contributed by atoms with E-state index in [0.29, 0.717) is 46.5 Å². The van der Waals surface area contributed by atoms with E-state index < -0.39 is 120 Å². The van der Waals surface area contributed by atoms with Crippen LogP contribution in [-0.4, -0.2) is 172 Å². The number of benzene rings is 9. The lowest BCUT2D eigenvalue weighted by molar-refractivity contribution is -0.143. The molecule has 30 heteroatoms. The summed E-state index contributed by atoms with van der Waals surface area (Å²) in [6.07, 6.45) is -0.386. The molecule has 10 atom stereocenters. The molecule has 12 aromatic rings. The van der Waals surface area contributed by atoms with Gasteiger partial charge >= 0.3 is 11.9 Å². The first-order valence-electron chi connectivity index (χ1n) is 46.3. The van der Waals surface area contributed by atoms with Gasteiger partial charge in [-0.25, -0.2) is 11.2 Å². The van der Waals surface area contributed by atoms with Crippen LogP contribution in [0.4, 0.5) is 0 Å². The molecule has 3 N–H and O–H groups in total. The third kappa shape index (κ3) is 24.0. The lowest BCUT2D eigenvalue weighted by Gasteiger charge is -2.37. The largest absolute Gasteiger partial charge is 0.503 e. The zero-order chi connectivity index (χ0) is 101. The summed E-state index contributed by atoms with van der Waals surface area (Å²) in [7, 11) is 11.9. The molecule has 0 amide bonds. The third-order valence-electron chi connectivity index (χ3n) is 25.0. The molecule has 9 aromatic carbocycles. The molecule has 3 aromatic heterocycles. The number of rotatable bonds is 35. The van der Waals surface area contributed by atoms with Crippen LogP contribution in [0.3, 0.4) is 0 Å². The first-order valence-corrected chi connectivity index (χ1v) is 47.5. The first kappa shape index (κ1) is 105. The average Bonchev–Trinajstić information content (AvgIpc) is 1.06. The predicted octanol–water partition coefficient (Wildman–Crippen LogP) is 17.9. The van der Waals surface area contributed by atoms with Crippen molar-refractivity contribution in [3.8, 4) is 51.7 Å². The van der Waals surface area contributed by atoms with Crippen molar-refractivity contribution < 1.29 is 100 Å². The van der Waals surface area contributed by atoms with Gasteiger partial charge in [0.05, 0.1) is 109 Å². The Labute approximate surface area is 823 Å². The normalized spacial score (nSPS) is 18.3. The van der Waals surface area contributed by atoms with Gasteiger partial charge in [0.2, 0.25) is 22.8 Å². The second kappa shape index (κ2) is 47.0. The van der Waals surface area contributed by atoms with Gasteiger partial charge in [-0.15, -0.1) is 0 Å². The zero-order valence-corrected chi connectivity index (χ0v) is 83.3. The molecule has 3 aliphatic heterocycles. The molecule has 0 spiro atoms. The monoisotopic (exact) mass is 1940 g/mol. The SMILES string of the molecule is COc1ccc(C(OCC2O[C@@H](n3ccc(=O)c(O)c3C)CC2O)(c2ccccc2)c2ccc(OC)cc2)cc1.COc1ccc(C(OCC2O[C@@H](n3ccc(=O)c(OC(=O)C(C)(C)C)c3C)CC2O)(c2ccccc2)c2ccc(OC)cc2)cc1.[C-]#[N+]CCOP(OC1C[C@H](n2ccc(=O)c(OC(=O)C(C)(C)C)c2C)OC1COC(c1ccccc1)(c1ccc(OC)cc1)c1ccc(OC)cc1)N(C)C. The Kier molecular flexibility index (Phi) is 35.0. The van der Waals surface area contributed by atoms with E-state index >= 15 is 0 Å². The summed E-state index contributed by atoms with van der Waals surface area (Å²) in [6.45, 7) is 23.2. The molecule has 0 radical (unpaired) electrons. The fraction of sp³-hybridized carbons (Fsp3) is 0.351. The number of carbonyl (C=O) groups excluding carboxylic acids is 2. The van der Waals surface area contributed by atoms with E-state index in [1.165, 1.54) is 18.2 Å².